The Labute approximate surface area is 128 Å². The molecular weight excluding hydrogens is 286 g/mol. The molecule has 1 aromatic carbocycles. The number of hydrogen-bond acceptors (Lipinski definition) is 3. The summed E-state index contributed by atoms with van der Waals surface area (Å²) in [7, 11) is 0. The first-order valence-electron chi connectivity index (χ1n) is 7.06. The van der Waals surface area contributed by atoms with Gasteiger partial charge < -0.3 is 21.1 Å². The third-order valence-electron chi connectivity index (χ3n) is 3.34. The van der Waals surface area contributed by atoms with Gasteiger partial charge in [-0.3, -0.25) is 4.79 Å². The SMILES string of the molecule is CC(C)NC(=O)Nc1ccc(C(=O)NC2(C(=O)O)CC2)cc1. The molecular formula is C15H19N3O4. The number of carbonyl (C=O) groups excluding carboxylic acids is 2. The van der Waals surface area contributed by atoms with Gasteiger partial charge in [-0.05, 0) is 51.0 Å². The molecule has 22 heavy (non-hydrogen) atoms. The van der Waals surface area contributed by atoms with E-state index in [0.717, 1.165) is 0 Å². The van der Waals surface area contributed by atoms with E-state index in [-0.39, 0.29) is 12.1 Å². The van der Waals surface area contributed by atoms with Crippen LogP contribution in [0.2, 0.25) is 0 Å². The first-order chi connectivity index (χ1) is 10.3. The number of urea groups is 1. The Balaban J connectivity index is 1.95. The lowest BCUT2D eigenvalue weighted by molar-refractivity contribution is -0.140. The third-order valence-corrected chi connectivity index (χ3v) is 3.34. The number of aliphatic carboxylic acids is 1. The van der Waals surface area contributed by atoms with Crippen LogP contribution in [0.4, 0.5) is 10.5 Å². The van der Waals surface area contributed by atoms with E-state index in [0.29, 0.717) is 24.1 Å². The smallest absolute Gasteiger partial charge is 0.329 e. The first kappa shape index (κ1) is 15.8. The molecule has 1 aliphatic rings. The summed E-state index contributed by atoms with van der Waals surface area (Å²) in [5.41, 5.74) is -0.207. The van der Waals surface area contributed by atoms with Crippen LogP contribution in [-0.2, 0) is 4.79 Å². The van der Waals surface area contributed by atoms with Crippen LogP contribution in [-0.4, -0.2) is 34.6 Å². The average Bonchev–Trinajstić information content (AvgIpc) is 3.19. The molecule has 0 aromatic heterocycles. The number of hydrogen-bond donors (Lipinski definition) is 4. The average molecular weight is 305 g/mol. The van der Waals surface area contributed by atoms with E-state index < -0.39 is 17.4 Å². The summed E-state index contributed by atoms with van der Waals surface area (Å²) in [6.45, 7) is 3.70. The van der Waals surface area contributed by atoms with Crippen LogP contribution in [0, 0.1) is 0 Å². The lowest BCUT2D eigenvalue weighted by Gasteiger charge is -2.13. The van der Waals surface area contributed by atoms with Gasteiger partial charge in [0.1, 0.15) is 5.54 Å². The Kier molecular flexibility index (Phi) is 4.35. The summed E-state index contributed by atoms with van der Waals surface area (Å²) in [4.78, 5) is 34.6. The van der Waals surface area contributed by atoms with Crippen molar-refractivity contribution in [2.75, 3.05) is 5.32 Å². The normalized spacial score (nSPS) is 15.0. The minimum Gasteiger partial charge on any atom is -0.480 e. The fraction of sp³-hybridized carbons (Fsp3) is 0.400. The third kappa shape index (κ3) is 3.75. The summed E-state index contributed by atoms with van der Waals surface area (Å²) in [6.07, 6.45) is 0.895. The fourth-order valence-corrected chi connectivity index (χ4v) is 1.94. The number of benzene rings is 1. The molecule has 0 heterocycles. The molecule has 1 fully saturated rings. The maximum Gasteiger partial charge on any atom is 0.329 e. The van der Waals surface area contributed by atoms with E-state index in [9.17, 15) is 14.4 Å². The van der Waals surface area contributed by atoms with Crippen LogP contribution in [0.5, 0.6) is 0 Å². The Morgan fingerprint density at radius 2 is 1.73 bits per heavy atom. The minimum atomic E-state index is -1.11. The van der Waals surface area contributed by atoms with Crippen molar-refractivity contribution >= 4 is 23.6 Å². The molecule has 1 saturated carbocycles. The zero-order valence-corrected chi connectivity index (χ0v) is 12.5. The predicted octanol–water partition coefficient (Wildman–Crippen LogP) is 1.56. The Morgan fingerprint density at radius 3 is 2.18 bits per heavy atom. The maximum absolute atomic E-state index is 12.0. The van der Waals surface area contributed by atoms with E-state index >= 15 is 0 Å². The molecule has 0 aliphatic heterocycles. The van der Waals surface area contributed by atoms with Crippen LogP contribution in [0.25, 0.3) is 0 Å². The topological polar surface area (TPSA) is 108 Å². The van der Waals surface area contributed by atoms with Gasteiger partial charge in [0, 0.05) is 17.3 Å². The van der Waals surface area contributed by atoms with Gasteiger partial charge in [0.15, 0.2) is 0 Å². The van der Waals surface area contributed by atoms with E-state index in [1.165, 1.54) is 12.1 Å². The molecule has 0 saturated heterocycles. The van der Waals surface area contributed by atoms with Gasteiger partial charge in [-0.15, -0.1) is 0 Å². The van der Waals surface area contributed by atoms with E-state index in [4.69, 9.17) is 5.11 Å². The molecule has 1 aliphatic carbocycles. The summed E-state index contributed by atoms with van der Waals surface area (Å²) in [5, 5.41) is 16.9. The summed E-state index contributed by atoms with van der Waals surface area (Å²) in [6, 6.07) is 5.96. The van der Waals surface area contributed by atoms with Crippen molar-refractivity contribution in [3.8, 4) is 0 Å². The van der Waals surface area contributed by atoms with Gasteiger partial charge in [-0.1, -0.05) is 0 Å². The number of carboxylic acids is 1. The van der Waals surface area contributed by atoms with Gasteiger partial charge in [0.25, 0.3) is 5.91 Å². The summed E-state index contributed by atoms with van der Waals surface area (Å²) < 4.78 is 0. The van der Waals surface area contributed by atoms with E-state index in [1.807, 2.05) is 13.8 Å². The van der Waals surface area contributed by atoms with Crippen LogP contribution >= 0.6 is 0 Å². The molecule has 118 valence electrons. The molecule has 4 N–H and O–H groups in total. The fourth-order valence-electron chi connectivity index (χ4n) is 1.94. The van der Waals surface area contributed by atoms with Crippen molar-refractivity contribution in [1.29, 1.82) is 0 Å². The molecule has 0 bridgehead atoms. The van der Waals surface area contributed by atoms with E-state index in [1.54, 1.807) is 12.1 Å². The lowest BCUT2D eigenvalue weighted by atomic mass is 10.1. The van der Waals surface area contributed by atoms with Gasteiger partial charge >= 0.3 is 12.0 Å². The minimum absolute atomic E-state index is 0.0239. The molecule has 3 amide bonds. The number of amides is 3. The van der Waals surface area contributed by atoms with Gasteiger partial charge in [0.05, 0.1) is 0 Å². The van der Waals surface area contributed by atoms with Gasteiger partial charge in [-0.2, -0.15) is 0 Å². The Bertz CT molecular complexity index is 591. The molecule has 0 atom stereocenters. The monoisotopic (exact) mass is 305 g/mol. The van der Waals surface area contributed by atoms with Crippen LogP contribution < -0.4 is 16.0 Å². The number of nitrogens with one attached hydrogen (secondary N) is 3. The van der Waals surface area contributed by atoms with E-state index in [2.05, 4.69) is 16.0 Å². The van der Waals surface area contributed by atoms with Crippen LogP contribution in [0.3, 0.4) is 0 Å². The van der Waals surface area contributed by atoms with Crippen molar-refractivity contribution in [2.24, 2.45) is 0 Å². The molecule has 7 heteroatoms. The molecule has 0 unspecified atom stereocenters. The van der Waals surface area contributed by atoms with Crippen molar-refractivity contribution in [3.05, 3.63) is 29.8 Å². The molecule has 7 nitrogen and oxygen atoms in total. The highest BCUT2D eigenvalue weighted by atomic mass is 16.4. The highest BCUT2D eigenvalue weighted by Crippen LogP contribution is 2.35. The van der Waals surface area contributed by atoms with Gasteiger partial charge in [-0.25, -0.2) is 9.59 Å². The molecule has 1 aromatic rings. The van der Waals surface area contributed by atoms with Crippen molar-refractivity contribution in [2.45, 2.75) is 38.3 Å². The second kappa shape index (κ2) is 6.05. The second-order valence-corrected chi connectivity index (χ2v) is 5.67. The molecule has 2 rings (SSSR count). The Hall–Kier alpha value is -2.57. The van der Waals surface area contributed by atoms with Crippen molar-refractivity contribution in [3.63, 3.8) is 0 Å². The zero-order valence-electron chi connectivity index (χ0n) is 12.5. The maximum atomic E-state index is 12.0. The quantitative estimate of drug-likeness (QED) is 0.662. The zero-order chi connectivity index (χ0) is 16.3. The van der Waals surface area contributed by atoms with Crippen molar-refractivity contribution in [1.82, 2.24) is 10.6 Å². The van der Waals surface area contributed by atoms with Crippen molar-refractivity contribution < 1.29 is 19.5 Å². The lowest BCUT2D eigenvalue weighted by Crippen LogP contribution is -2.43. The summed E-state index contributed by atoms with van der Waals surface area (Å²) >= 11 is 0. The number of carbonyl (C=O) groups is 3. The first-order valence-corrected chi connectivity index (χ1v) is 7.06. The largest absolute Gasteiger partial charge is 0.480 e. The highest BCUT2D eigenvalue weighted by Gasteiger charge is 2.51. The van der Waals surface area contributed by atoms with Crippen LogP contribution in [0.15, 0.2) is 24.3 Å². The number of rotatable bonds is 5. The highest BCUT2D eigenvalue weighted by molar-refractivity contribution is 5.99. The Morgan fingerprint density at radius 1 is 1.14 bits per heavy atom. The molecule has 0 radical (unpaired) electrons. The number of carboxylic acid groups (broad SMARTS) is 1. The second-order valence-electron chi connectivity index (χ2n) is 5.67. The van der Waals surface area contributed by atoms with Gasteiger partial charge in [0.2, 0.25) is 0 Å². The standard InChI is InChI=1S/C15H19N3O4/c1-9(2)16-14(22)17-11-5-3-10(4-6-11)12(19)18-15(7-8-15)13(20)21/h3-6,9H,7-8H2,1-2H3,(H,18,19)(H,20,21)(H2,16,17,22). The predicted molar refractivity (Wildman–Crippen MR) is 80.8 cm³/mol. The van der Waals surface area contributed by atoms with Crippen LogP contribution in [0.1, 0.15) is 37.0 Å². The summed E-state index contributed by atoms with van der Waals surface area (Å²) in [5.74, 6) is -1.44. The number of anilines is 1. The molecule has 0 spiro atoms.